The van der Waals surface area contributed by atoms with Crippen LogP contribution in [0.4, 0.5) is 5.69 Å². The Morgan fingerprint density at radius 1 is 1.16 bits per heavy atom. The third kappa shape index (κ3) is 2.42. The maximum absolute atomic E-state index is 5.94. The molecule has 0 bridgehead atoms. The van der Waals surface area contributed by atoms with Gasteiger partial charge in [0.25, 0.3) is 0 Å². The number of nitrogens with one attached hydrogen (secondary N) is 1. The number of rotatable bonds is 3. The first kappa shape index (κ1) is 12.1. The van der Waals surface area contributed by atoms with Crippen molar-refractivity contribution in [3.05, 3.63) is 47.5 Å². The van der Waals surface area contributed by atoms with E-state index in [1.807, 2.05) is 30.3 Å². The Morgan fingerprint density at radius 3 is 2.68 bits per heavy atom. The molecule has 2 aromatic carbocycles. The van der Waals surface area contributed by atoms with Gasteiger partial charge < -0.3 is 9.73 Å². The summed E-state index contributed by atoms with van der Waals surface area (Å²) in [6, 6.07) is 13.4. The molecule has 0 unspecified atom stereocenters. The Hall–Kier alpha value is -2.00. The standard InChI is InChI=1S/C15H13ClN2O/c1-2-17-12-6-3-10(4-7-12)15-18-13-9-11(16)5-8-14(13)19-15/h3-9,17H,2H2,1H3. The molecule has 0 saturated heterocycles. The number of oxazole rings is 1. The van der Waals surface area contributed by atoms with Crippen LogP contribution < -0.4 is 5.32 Å². The molecule has 0 saturated carbocycles. The van der Waals surface area contributed by atoms with Gasteiger partial charge in [-0.05, 0) is 49.4 Å². The lowest BCUT2D eigenvalue weighted by Crippen LogP contribution is -1.95. The number of hydrogen-bond donors (Lipinski definition) is 1. The fourth-order valence-electron chi connectivity index (χ4n) is 1.96. The second kappa shape index (κ2) is 4.94. The van der Waals surface area contributed by atoms with Crippen LogP contribution >= 0.6 is 11.6 Å². The van der Waals surface area contributed by atoms with E-state index in [4.69, 9.17) is 16.0 Å². The average Bonchev–Trinajstić information content (AvgIpc) is 2.83. The van der Waals surface area contributed by atoms with Crippen molar-refractivity contribution in [2.24, 2.45) is 0 Å². The Labute approximate surface area is 116 Å². The van der Waals surface area contributed by atoms with Crippen molar-refractivity contribution in [1.29, 1.82) is 0 Å². The normalized spacial score (nSPS) is 10.8. The largest absolute Gasteiger partial charge is 0.436 e. The molecule has 3 nitrogen and oxygen atoms in total. The fourth-order valence-corrected chi connectivity index (χ4v) is 2.13. The van der Waals surface area contributed by atoms with Crippen LogP contribution in [-0.2, 0) is 0 Å². The first-order valence-electron chi connectivity index (χ1n) is 6.16. The third-order valence-corrected chi connectivity index (χ3v) is 3.10. The minimum absolute atomic E-state index is 0.611. The van der Waals surface area contributed by atoms with E-state index >= 15 is 0 Å². The van der Waals surface area contributed by atoms with Gasteiger partial charge in [0.1, 0.15) is 5.52 Å². The highest BCUT2D eigenvalue weighted by molar-refractivity contribution is 6.31. The topological polar surface area (TPSA) is 38.1 Å². The number of anilines is 1. The molecule has 19 heavy (non-hydrogen) atoms. The van der Waals surface area contributed by atoms with Crippen molar-refractivity contribution in [1.82, 2.24) is 4.98 Å². The summed E-state index contributed by atoms with van der Waals surface area (Å²) in [7, 11) is 0. The number of fused-ring (bicyclic) bond motifs is 1. The SMILES string of the molecule is CCNc1ccc(-c2nc3cc(Cl)ccc3o2)cc1. The van der Waals surface area contributed by atoms with Crippen LogP contribution in [0.5, 0.6) is 0 Å². The maximum atomic E-state index is 5.94. The maximum Gasteiger partial charge on any atom is 0.227 e. The number of hydrogen-bond acceptors (Lipinski definition) is 3. The Balaban J connectivity index is 1.99. The van der Waals surface area contributed by atoms with Crippen molar-refractivity contribution in [2.45, 2.75) is 6.92 Å². The van der Waals surface area contributed by atoms with Gasteiger partial charge in [0.15, 0.2) is 5.58 Å². The molecular formula is C15H13ClN2O. The van der Waals surface area contributed by atoms with Crippen molar-refractivity contribution in [3.8, 4) is 11.5 Å². The number of halogens is 1. The summed E-state index contributed by atoms with van der Waals surface area (Å²) in [5, 5.41) is 3.91. The Morgan fingerprint density at radius 2 is 1.95 bits per heavy atom. The van der Waals surface area contributed by atoms with Crippen LogP contribution in [-0.4, -0.2) is 11.5 Å². The molecule has 0 aliphatic carbocycles. The van der Waals surface area contributed by atoms with Crippen LogP contribution in [0, 0.1) is 0 Å². The van der Waals surface area contributed by atoms with E-state index in [9.17, 15) is 0 Å². The van der Waals surface area contributed by atoms with Gasteiger partial charge in [-0.1, -0.05) is 11.6 Å². The van der Waals surface area contributed by atoms with Gasteiger partial charge in [0.05, 0.1) is 0 Å². The molecule has 0 amide bonds. The van der Waals surface area contributed by atoms with E-state index in [-0.39, 0.29) is 0 Å². The van der Waals surface area contributed by atoms with Crippen LogP contribution in [0.3, 0.4) is 0 Å². The average molecular weight is 273 g/mol. The summed E-state index contributed by atoms with van der Waals surface area (Å²) in [6.45, 7) is 2.97. The Kier molecular flexibility index (Phi) is 3.13. The van der Waals surface area contributed by atoms with E-state index in [1.54, 1.807) is 12.1 Å². The van der Waals surface area contributed by atoms with Crippen molar-refractivity contribution in [3.63, 3.8) is 0 Å². The molecule has 0 aliphatic heterocycles. The minimum Gasteiger partial charge on any atom is -0.436 e. The fraction of sp³-hybridized carbons (Fsp3) is 0.133. The van der Waals surface area contributed by atoms with Crippen LogP contribution in [0.2, 0.25) is 5.02 Å². The molecule has 3 rings (SSSR count). The van der Waals surface area contributed by atoms with Gasteiger partial charge in [0.2, 0.25) is 5.89 Å². The summed E-state index contributed by atoms with van der Waals surface area (Å²) in [5.74, 6) is 0.611. The zero-order chi connectivity index (χ0) is 13.2. The number of benzene rings is 2. The lowest BCUT2D eigenvalue weighted by Gasteiger charge is -2.02. The molecular weight excluding hydrogens is 260 g/mol. The molecule has 1 heterocycles. The van der Waals surface area contributed by atoms with Crippen molar-refractivity contribution >= 4 is 28.4 Å². The molecule has 96 valence electrons. The molecule has 0 spiro atoms. The number of aromatic nitrogens is 1. The third-order valence-electron chi connectivity index (χ3n) is 2.86. The van der Waals surface area contributed by atoms with Gasteiger partial charge in [0, 0.05) is 22.8 Å². The zero-order valence-corrected chi connectivity index (χ0v) is 11.2. The van der Waals surface area contributed by atoms with E-state index in [2.05, 4.69) is 17.2 Å². The molecule has 3 aromatic rings. The molecule has 1 N–H and O–H groups in total. The minimum atomic E-state index is 0.611. The molecule has 0 fully saturated rings. The summed E-state index contributed by atoms with van der Waals surface area (Å²) in [5.41, 5.74) is 3.56. The zero-order valence-electron chi connectivity index (χ0n) is 10.5. The predicted octanol–water partition coefficient (Wildman–Crippen LogP) is 4.58. The quantitative estimate of drug-likeness (QED) is 0.758. The van der Waals surface area contributed by atoms with Gasteiger partial charge in [-0.15, -0.1) is 0 Å². The van der Waals surface area contributed by atoms with Crippen LogP contribution in [0.1, 0.15) is 6.92 Å². The Bertz CT molecular complexity index is 704. The van der Waals surface area contributed by atoms with Crippen molar-refractivity contribution in [2.75, 3.05) is 11.9 Å². The molecule has 0 atom stereocenters. The highest BCUT2D eigenvalue weighted by atomic mass is 35.5. The summed E-state index contributed by atoms with van der Waals surface area (Å²) < 4.78 is 5.72. The molecule has 1 aromatic heterocycles. The first-order valence-corrected chi connectivity index (χ1v) is 6.54. The number of nitrogens with zero attached hydrogens (tertiary/aromatic N) is 1. The van der Waals surface area contributed by atoms with Crippen molar-refractivity contribution < 1.29 is 4.42 Å². The lowest BCUT2D eigenvalue weighted by atomic mass is 10.2. The highest BCUT2D eigenvalue weighted by Crippen LogP contribution is 2.26. The summed E-state index contributed by atoms with van der Waals surface area (Å²) in [6.07, 6.45) is 0. The monoisotopic (exact) mass is 272 g/mol. The highest BCUT2D eigenvalue weighted by Gasteiger charge is 2.08. The summed E-state index contributed by atoms with van der Waals surface area (Å²) in [4.78, 5) is 4.45. The lowest BCUT2D eigenvalue weighted by molar-refractivity contribution is 0.620. The molecule has 0 radical (unpaired) electrons. The molecule has 0 aliphatic rings. The van der Waals surface area contributed by atoms with Crippen LogP contribution in [0.15, 0.2) is 46.9 Å². The van der Waals surface area contributed by atoms with Gasteiger partial charge in [-0.2, -0.15) is 0 Å². The van der Waals surface area contributed by atoms with E-state index in [0.717, 1.165) is 28.9 Å². The van der Waals surface area contributed by atoms with E-state index < -0.39 is 0 Å². The molecule has 4 heteroatoms. The van der Waals surface area contributed by atoms with Gasteiger partial charge in [-0.3, -0.25) is 0 Å². The second-order valence-corrected chi connectivity index (χ2v) is 4.68. The first-order chi connectivity index (χ1) is 9.26. The van der Waals surface area contributed by atoms with E-state index in [0.29, 0.717) is 10.9 Å². The summed E-state index contributed by atoms with van der Waals surface area (Å²) >= 11 is 5.94. The second-order valence-electron chi connectivity index (χ2n) is 4.24. The van der Waals surface area contributed by atoms with Gasteiger partial charge in [-0.25, -0.2) is 4.98 Å². The predicted molar refractivity (Wildman–Crippen MR) is 78.6 cm³/mol. The van der Waals surface area contributed by atoms with Crippen LogP contribution in [0.25, 0.3) is 22.6 Å². The van der Waals surface area contributed by atoms with E-state index in [1.165, 1.54) is 0 Å². The smallest absolute Gasteiger partial charge is 0.227 e. The van der Waals surface area contributed by atoms with Gasteiger partial charge >= 0.3 is 0 Å².